The van der Waals surface area contributed by atoms with Gasteiger partial charge in [-0.1, -0.05) is 18.2 Å². The van der Waals surface area contributed by atoms with Crippen molar-refractivity contribution in [2.24, 2.45) is 0 Å². The molecule has 1 aromatic carbocycles. The topological polar surface area (TPSA) is 33.7 Å². The van der Waals surface area contributed by atoms with Crippen LogP contribution >= 0.6 is 0 Å². The van der Waals surface area contributed by atoms with Crippen LogP contribution in [0.2, 0.25) is 0 Å². The third-order valence-corrected chi connectivity index (χ3v) is 3.89. The van der Waals surface area contributed by atoms with Crippen LogP contribution in [0.5, 0.6) is 5.75 Å². The van der Waals surface area contributed by atoms with Crippen molar-refractivity contribution >= 4 is 0 Å². The van der Waals surface area contributed by atoms with Gasteiger partial charge in [0.15, 0.2) is 0 Å². The molecule has 1 atom stereocenters. The second-order valence-electron chi connectivity index (χ2n) is 5.53. The standard InChI is InChI=1S/C17H28N2O2/c1-3-20-11-6-9-18-13-15(2)19-10-12-21-17-8-5-4-7-16(17)14-19/h4-5,7-8,15,18H,3,6,9-14H2,1-2H3. The number of hydrogen-bond donors (Lipinski definition) is 1. The highest BCUT2D eigenvalue weighted by Crippen LogP contribution is 2.23. The van der Waals surface area contributed by atoms with E-state index in [0.29, 0.717) is 6.04 Å². The Labute approximate surface area is 128 Å². The maximum Gasteiger partial charge on any atom is 0.123 e. The number of nitrogens with zero attached hydrogens (tertiary/aromatic N) is 1. The Hall–Kier alpha value is -1.10. The third kappa shape index (κ3) is 5.30. The van der Waals surface area contributed by atoms with Crippen molar-refractivity contribution in [3.05, 3.63) is 29.8 Å². The molecule has 0 amide bonds. The Balaban J connectivity index is 1.74. The van der Waals surface area contributed by atoms with E-state index in [0.717, 1.165) is 58.2 Å². The number of benzene rings is 1. The van der Waals surface area contributed by atoms with E-state index in [1.54, 1.807) is 0 Å². The van der Waals surface area contributed by atoms with Crippen LogP contribution < -0.4 is 10.1 Å². The summed E-state index contributed by atoms with van der Waals surface area (Å²) in [4.78, 5) is 2.49. The highest BCUT2D eigenvalue weighted by molar-refractivity contribution is 5.33. The first kappa shape index (κ1) is 16.3. The van der Waals surface area contributed by atoms with E-state index in [-0.39, 0.29) is 0 Å². The second-order valence-corrected chi connectivity index (χ2v) is 5.53. The van der Waals surface area contributed by atoms with Crippen LogP contribution in [0.25, 0.3) is 0 Å². The van der Waals surface area contributed by atoms with Crippen LogP contribution in [0.4, 0.5) is 0 Å². The molecule has 0 radical (unpaired) electrons. The molecule has 0 fully saturated rings. The minimum absolute atomic E-state index is 0.506. The molecule has 21 heavy (non-hydrogen) atoms. The normalized spacial score (nSPS) is 16.9. The van der Waals surface area contributed by atoms with Crippen molar-refractivity contribution in [1.82, 2.24) is 10.2 Å². The Bertz CT molecular complexity index is 412. The fourth-order valence-corrected chi connectivity index (χ4v) is 2.61. The molecule has 0 saturated heterocycles. The number of ether oxygens (including phenoxy) is 2. The van der Waals surface area contributed by atoms with Crippen molar-refractivity contribution in [2.45, 2.75) is 32.9 Å². The zero-order chi connectivity index (χ0) is 14.9. The van der Waals surface area contributed by atoms with E-state index >= 15 is 0 Å². The second kappa shape index (κ2) is 9.03. The van der Waals surface area contributed by atoms with Crippen molar-refractivity contribution in [3.8, 4) is 5.75 Å². The summed E-state index contributed by atoms with van der Waals surface area (Å²) < 4.78 is 11.2. The lowest BCUT2D eigenvalue weighted by atomic mass is 10.1. The van der Waals surface area contributed by atoms with Gasteiger partial charge in [0.1, 0.15) is 12.4 Å². The molecule has 0 spiro atoms. The van der Waals surface area contributed by atoms with Crippen LogP contribution in [-0.2, 0) is 11.3 Å². The number of fused-ring (bicyclic) bond motifs is 1. The van der Waals surface area contributed by atoms with E-state index in [2.05, 4.69) is 35.3 Å². The lowest BCUT2D eigenvalue weighted by Crippen LogP contribution is -2.41. The molecule has 1 aliphatic heterocycles. The van der Waals surface area contributed by atoms with Crippen LogP contribution in [0.15, 0.2) is 24.3 Å². The molecule has 0 saturated carbocycles. The van der Waals surface area contributed by atoms with E-state index in [9.17, 15) is 0 Å². The van der Waals surface area contributed by atoms with Crippen LogP contribution in [0.3, 0.4) is 0 Å². The predicted octanol–water partition coefficient (Wildman–Crippen LogP) is 2.29. The average Bonchev–Trinajstić information content (AvgIpc) is 2.73. The van der Waals surface area contributed by atoms with Gasteiger partial charge < -0.3 is 14.8 Å². The van der Waals surface area contributed by atoms with Gasteiger partial charge in [0.25, 0.3) is 0 Å². The van der Waals surface area contributed by atoms with Crippen molar-refractivity contribution in [2.75, 3.05) is 39.5 Å². The lowest BCUT2D eigenvalue weighted by molar-refractivity contribution is 0.142. The molecular weight excluding hydrogens is 264 g/mol. The highest BCUT2D eigenvalue weighted by atomic mass is 16.5. The fourth-order valence-electron chi connectivity index (χ4n) is 2.61. The largest absolute Gasteiger partial charge is 0.492 e. The molecule has 4 heteroatoms. The summed E-state index contributed by atoms with van der Waals surface area (Å²) in [5.41, 5.74) is 1.29. The Morgan fingerprint density at radius 1 is 1.38 bits per heavy atom. The highest BCUT2D eigenvalue weighted by Gasteiger charge is 2.19. The van der Waals surface area contributed by atoms with Gasteiger partial charge in [-0.15, -0.1) is 0 Å². The van der Waals surface area contributed by atoms with E-state index in [1.165, 1.54) is 5.56 Å². The average molecular weight is 292 g/mol. The number of para-hydroxylation sites is 1. The summed E-state index contributed by atoms with van der Waals surface area (Å²) in [5.74, 6) is 1.04. The summed E-state index contributed by atoms with van der Waals surface area (Å²) in [6, 6.07) is 8.86. The van der Waals surface area contributed by atoms with Gasteiger partial charge >= 0.3 is 0 Å². The minimum atomic E-state index is 0.506. The first-order valence-corrected chi connectivity index (χ1v) is 8.04. The molecule has 0 aliphatic carbocycles. The monoisotopic (exact) mass is 292 g/mol. The molecule has 118 valence electrons. The Morgan fingerprint density at radius 3 is 3.10 bits per heavy atom. The molecule has 1 aromatic rings. The van der Waals surface area contributed by atoms with Crippen LogP contribution in [-0.4, -0.2) is 50.4 Å². The fraction of sp³-hybridized carbons (Fsp3) is 0.647. The first-order valence-electron chi connectivity index (χ1n) is 8.04. The molecule has 1 unspecified atom stereocenters. The van der Waals surface area contributed by atoms with E-state index < -0.39 is 0 Å². The summed E-state index contributed by atoms with van der Waals surface area (Å²) in [6.45, 7) is 10.7. The summed E-state index contributed by atoms with van der Waals surface area (Å²) in [6.07, 6.45) is 1.08. The number of nitrogens with one attached hydrogen (secondary N) is 1. The molecule has 1 heterocycles. The van der Waals surface area contributed by atoms with Gasteiger partial charge in [-0.05, 0) is 32.9 Å². The molecule has 4 nitrogen and oxygen atoms in total. The zero-order valence-electron chi connectivity index (χ0n) is 13.3. The molecule has 0 aromatic heterocycles. The number of rotatable bonds is 8. The Morgan fingerprint density at radius 2 is 2.24 bits per heavy atom. The van der Waals surface area contributed by atoms with Crippen molar-refractivity contribution in [3.63, 3.8) is 0 Å². The van der Waals surface area contributed by atoms with Gasteiger partial charge in [-0.3, -0.25) is 4.90 Å². The van der Waals surface area contributed by atoms with Gasteiger partial charge in [-0.25, -0.2) is 0 Å². The molecule has 1 aliphatic rings. The molecule has 2 rings (SSSR count). The first-order chi connectivity index (χ1) is 10.3. The van der Waals surface area contributed by atoms with Gasteiger partial charge in [0, 0.05) is 44.5 Å². The lowest BCUT2D eigenvalue weighted by Gasteiger charge is -2.27. The van der Waals surface area contributed by atoms with Gasteiger partial charge in [0.2, 0.25) is 0 Å². The van der Waals surface area contributed by atoms with Crippen LogP contribution in [0, 0.1) is 0 Å². The number of hydrogen-bond acceptors (Lipinski definition) is 4. The molecule has 1 N–H and O–H groups in total. The van der Waals surface area contributed by atoms with E-state index in [4.69, 9.17) is 9.47 Å². The van der Waals surface area contributed by atoms with Crippen molar-refractivity contribution < 1.29 is 9.47 Å². The molecule has 0 bridgehead atoms. The maximum atomic E-state index is 5.82. The predicted molar refractivity (Wildman–Crippen MR) is 85.8 cm³/mol. The van der Waals surface area contributed by atoms with Gasteiger partial charge in [0.05, 0.1) is 0 Å². The zero-order valence-corrected chi connectivity index (χ0v) is 13.3. The maximum absolute atomic E-state index is 5.82. The minimum Gasteiger partial charge on any atom is -0.492 e. The Kier molecular flexibility index (Phi) is 7.00. The summed E-state index contributed by atoms with van der Waals surface area (Å²) >= 11 is 0. The van der Waals surface area contributed by atoms with Crippen molar-refractivity contribution in [1.29, 1.82) is 0 Å². The smallest absolute Gasteiger partial charge is 0.123 e. The SMILES string of the molecule is CCOCCCNCC(C)N1CCOc2ccccc2C1. The van der Waals surface area contributed by atoms with Gasteiger partial charge in [-0.2, -0.15) is 0 Å². The van der Waals surface area contributed by atoms with Crippen LogP contribution in [0.1, 0.15) is 25.8 Å². The van der Waals surface area contributed by atoms with E-state index in [1.807, 2.05) is 13.0 Å². The summed E-state index contributed by atoms with van der Waals surface area (Å²) in [5, 5.41) is 3.52. The summed E-state index contributed by atoms with van der Waals surface area (Å²) in [7, 11) is 0. The third-order valence-electron chi connectivity index (χ3n) is 3.89. The quantitative estimate of drug-likeness (QED) is 0.745. The molecular formula is C17H28N2O2.